The molecular formula is C18H28F3N3O2S. The third-order valence-electron chi connectivity index (χ3n) is 3.50. The van der Waals surface area contributed by atoms with E-state index in [1.807, 2.05) is 18.7 Å². The van der Waals surface area contributed by atoms with Crippen LogP contribution in [0.4, 0.5) is 13.2 Å². The third kappa shape index (κ3) is 10.3. The molecule has 154 valence electrons. The molecule has 3 N–H and O–H groups in total. The number of rotatable bonds is 11. The number of guanidine groups is 1. The largest absolute Gasteiger partial charge is 0.491 e. The van der Waals surface area contributed by atoms with Gasteiger partial charge in [0.05, 0.1) is 12.1 Å². The molecule has 0 saturated carbocycles. The van der Waals surface area contributed by atoms with Gasteiger partial charge in [0.2, 0.25) is 0 Å². The molecule has 5 nitrogen and oxygen atoms in total. The summed E-state index contributed by atoms with van der Waals surface area (Å²) in [6.45, 7) is 3.52. The Morgan fingerprint density at radius 3 is 2.52 bits per heavy atom. The van der Waals surface area contributed by atoms with Crippen molar-refractivity contribution in [2.45, 2.75) is 32.0 Å². The van der Waals surface area contributed by atoms with E-state index in [9.17, 15) is 18.3 Å². The number of ether oxygens (including phenoxy) is 1. The first-order chi connectivity index (χ1) is 12.9. The number of nitrogens with zero attached hydrogens (tertiary/aromatic N) is 1. The van der Waals surface area contributed by atoms with Gasteiger partial charge in [0.25, 0.3) is 0 Å². The summed E-state index contributed by atoms with van der Waals surface area (Å²) in [5, 5.41) is 16.3. The SMILES string of the molecule is CCNC(=NCC(O)COc1ccc(C(F)(F)F)cc1)NCCCCSC. The maximum atomic E-state index is 12.5. The van der Waals surface area contributed by atoms with Gasteiger partial charge in [-0.05, 0) is 56.0 Å². The van der Waals surface area contributed by atoms with Gasteiger partial charge >= 0.3 is 6.18 Å². The van der Waals surface area contributed by atoms with E-state index < -0.39 is 17.8 Å². The second-order valence-electron chi connectivity index (χ2n) is 5.83. The third-order valence-corrected chi connectivity index (χ3v) is 4.19. The number of alkyl halides is 3. The van der Waals surface area contributed by atoms with Gasteiger partial charge in [0.1, 0.15) is 18.5 Å². The van der Waals surface area contributed by atoms with E-state index in [1.54, 1.807) is 0 Å². The number of unbranched alkanes of at least 4 members (excludes halogenated alkanes) is 1. The standard InChI is InChI=1S/C18H28F3N3O2S/c1-3-22-17(23-10-4-5-11-27-2)24-12-15(25)13-26-16-8-6-14(7-9-16)18(19,20)21/h6-9,15,25H,3-5,10-13H2,1-2H3,(H2,22,23,24). The quantitative estimate of drug-likeness (QED) is 0.299. The van der Waals surface area contributed by atoms with Crippen LogP contribution in [0.2, 0.25) is 0 Å². The Labute approximate surface area is 162 Å². The number of hydrogen-bond donors (Lipinski definition) is 3. The minimum Gasteiger partial charge on any atom is -0.491 e. The summed E-state index contributed by atoms with van der Waals surface area (Å²) < 4.78 is 42.9. The molecule has 0 bridgehead atoms. The van der Waals surface area contributed by atoms with Crippen LogP contribution >= 0.6 is 11.8 Å². The Bertz CT molecular complexity index is 554. The van der Waals surface area contributed by atoms with Gasteiger partial charge in [-0.3, -0.25) is 4.99 Å². The van der Waals surface area contributed by atoms with Crippen molar-refractivity contribution in [2.75, 3.05) is 38.2 Å². The average molecular weight is 408 g/mol. The number of thioether (sulfide) groups is 1. The molecule has 27 heavy (non-hydrogen) atoms. The highest BCUT2D eigenvalue weighted by Crippen LogP contribution is 2.30. The normalized spacial score (nSPS) is 13.3. The predicted molar refractivity (Wildman–Crippen MR) is 105 cm³/mol. The van der Waals surface area contributed by atoms with Crippen molar-refractivity contribution in [1.82, 2.24) is 10.6 Å². The number of hydrogen-bond acceptors (Lipinski definition) is 4. The van der Waals surface area contributed by atoms with Crippen molar-refractivity contribution in [3.05, 3.63) is 29.8 Å². The molecule has 9 heteroatoms. The average Bonchev–Trinajstić information content (AvgIpc) is 2.63. The number of halogens is 3. The first-order valence-electron chi connectivity index (χ1n) is 8.86. The molecule has 0 aliphatic heterocycles. The summed E-state index contributed by atoms with van der Waals surface area (Å²) in [6, 6.07) is 4.37. The van der Waals surface area contributed by atoms with Crippen LogP contribution < -0.4 is 15.4 Å². The Balaban J connectivity index is 2.39. The summed E-state index contributed by atoms with van der Waals surface area (Å²) in [4.78, 5) is 4.30. The van der Waals surface area contributed by atoms with Crippen LogP contribution in [0.25, 0.3) is 0 Å². The lowest BCUT2D eigenvalue weighted by molar-refractivity contribution is -0.137. The Morgan fingerprint density at radius 2 is 1.93 bits per heavy atom. The summed E-state index contributed by atoms with van der Waals surface area (Å²) in [7, 11) is 0. The number of aliphatic imine (C=N–C) groups is 1. The molecule has 0 aliphatic carbocycles. The van der Waals surface area contributed by atoms with Crippen molar-refractivity contribution in [2.24, 2.45) is 4.99 Å². The molecule has 0 amide bonds. The maximum Gasteiger partial charge on any atom is 0.416 e. The zero-order valence-corrected chi connectivity index (χ0v) is 16.5. The lowest BCUT2D eigenvalue weighted by atomic mass is 10.2. The fourth-order valence-electron chi connectivity index (χ4n) is 2.10. The lowest BCUT2D eigenvalue weighted by Gasteiger charge is -2.14. The van der Waals surface area contributed by atoms with Crippen LogP contribution in [0.5, 0.6) is 5.75 Å². The van der Waals surface area contributed by atoms with Gasteiger partial charge in [0.15, 0.2) is 5.96 Å². The highest BCUT2D eigenvalue weighted by atomic mass is 32.2. The number of benzene rings is 1. The van der Waals surface area contributed by atoms with Crippen molar-refractivity contribution in [1.29, 1.82) is 0 Å². The molecule has 0 aliphatic rings. The van der Waals surface area contributed by atoms with Gasteiger partial charge in [0, 0.05) is 13.1 Å². The van der Waals surface area contributed by atoms with Crippen molar-refractivity contribution < 1.29 is 23.0 Å². The monoisotopic (exact) mass is 407 g/mol. The molecule has 1 atom stereocenters. The van der Waals surface area contributed by atoms with Crippen molar-refractivity contribution in [3.8, 4) is 5.75 Å². The molecule has 1 aromatic carbocycles. The molecule has 1 unspecified atom stereocenters. The second-order valence-corrected chi connectivity index (χ2v) is 6.82. The van der Waals surface area contributed by atoms with Gasteiger partial charge in [-0.15, -0.1) is 0 Å². The molecule has 0 heterocycles. The molecular weight excluding hydrogens is 379 g/mol. The summed E-state index contributed by atoms with van der Waals surface area (Å²) in [5.41, 5.74) is -0.737. The summed E-state index contributed by atoms with van der Waals surface area (Å²) in [6.07, 6.45) is -1.01. The molecule has 0 radical (unpaired) electrons. The number of nitrogens with one attached hydrogen (secondary N) is 2. The smallest absolute Gasteiger partial charge is 0.416 e. The molecule has 1 rings (SSSR count). The van der Waals surface area contributed by atoms with E-state index in [-0.39, 0.29) is 18.9 Å². The van der Waals surface area contributed by atoms with Crippen LogP contribution in [-0.2, 0) is 6.18 Å². The van der Waals surface area contributed by atoms with Crippen LogP contribution in [0, 0.1) is 0 Å². The topological polar surface area (TPSA) is 65.9 Å². The number of aliphatic hydroxyl groups is 1. The Morgan fingerprint density at radius 1 is 1.22 bits per heavy atom. The van der Waals surface area contributed by atoms with E-state index in [2.05, 4.69) is 21.9 Å². The van der Waals surface area contributed by atoms with Gasteiger partial charge in [-0.25, -0.2) is 0 Å². The highest BCUT2D eigenvalue weighted by molar-refractivity contribution is 7.98. The van der Waals surface area contributed by atoms with Crippen molar-refractivity contribution in [3.63, 3.8) is 0 Å². The lowest BCUT2D eigenvalue weighted by Crippen LogP contribution is -2.38. The highest BCUT2D eigenvalue weighted by Gasteiger charge is 2.30. The van der Waals surface area contributed by atoms with E-state index in [1.165, 1.54) is 12.1 Å². The Hall–Kier alpha value is -1.61. The Kier molecular flexibility index (Phi) is 11.0. The van der Waals surface area contributed by atoms with Crippen LogP contribution in [-0.4, -0.2) is 55.4 Å². The predicted octanol–water partition coefficient (Wildman–Crippen LogP) is 3.14. The molecule has 0 fully saturated rings. The zero-order chi connectivity index (χ0) is 20.1. The fraction of sp³-hybridized carbons (Fsp3) is 0.611. The maximum absolute atomic E-state index is 12.5. The van der Waals surface area contributed by atoms with Crippen LogP contribution in [0.1, 0.15) is 25.3 Å². The van der Waals surface area contributed by atoms with Crippen molar-refractivity contribution >= 4 is 17.7 Å². The summed E-state index contributed by atoms with van der Waals surface area (Å²) in [5.74, 6) is 2.01. The van der Waals surface area contributed by atoms with E-state index >= 15 is 0 Å². The van der Waals surface area contributed by atoms with Crippen LogP contribution in [0.15, 0.2) is 29.3 Å². The molecule has 0 spiro atoms. The minimum atomic E-state index is -4.38. The first-order valence-corrected chi connectivity index (χ1v) is 10.3. The molecule has 0 aromatic heterocycles. The van der Waals surface area contributed by atoms with Crippen LogP contribution in [0.3, 0.4) is 0 Å². The van der Waals surface area contributed by atoms with E-state index in [4.69, 9.17) is 4.74 Å². The second kappa shape index (κ2) is 12.7. The number of aliphatic hydroxyl groups excluding tert-OH is 1. The van der Waals surface area contributed by atoms with Gasteiger partial charge in [-0.2, -0.15) is 24.9 Å². The van der Waals surface area contributed by atoms with Gasteiger partial charge < -0.3 is 20.5 Å². The van der Waals surface area contributed by atoms with Gasteiger partial charge in [-0.1, -0.05) is 0 Å². The summed E-state index contributed by atoms with van der Waals surface area (Å²) >= 11 is 1.81. The molecule has 0 saturated heterocycles. The fourth-order valence-corrected chi connectivity index (χ4v) is 2.59. The minimum absolute atomic E-state index is 0.0536. The zero-order valence-electron chi connectivity index (χ0n) is 15.7. The first kappa shape index (κ1) is 23.4. The van der Waals surface area contributed by atoms with E-state index in [0.717, 1.165) is 37.3 Å². The van der Waals surface area contributed by atoms with E-state index in [0.29, 0.717) is 12.5 Å². The molecule has 1 aromatic rings.